The third-order valence-electron chi connectivity index (χ3n) is 6.00. The van der Waals surface area contributed by atoms with Gasteiger partial charge in [-0.1, -0.05) is 30.3 Å². The second-order valence-corrected chi connectivity index (χ2v) is 8.31. The van der Waals surface area contributed by atoms with E-state index >= 15 is 0 Å². The van der Waals surface area contributed by atoms with E-state index in [0.717, 1.165) is 10.1 Å². The molecule has 0 bridgehead atoms. The third-order valence-corrected chi connectivity index (χ3v) is 6.00. The molecule has 0 amide bonds. The largest absolute Gasteiger partial charge is 0.465 e. The normalized spacial score (nSPS) is 11.1. The summed E-state index contributed by atoms with van der Waals surface area (Å²) in [5.41, 5.74) is 0.397. The van der Waals surface area contributed by atoms with Crippen molar-refractivity contribution in [2.24, 2.45) is 0 Å². The van der Waals surface area contributed by atoms with Crippen LogP contribution in [0.4, 0.5) is 8.78 Å². The Balaban J connectivity index is 1.69. The lowest BCUT2D eigenvalue weighted by atomic mass is 10.1. The summed E-state index contributed by atoms with van der Waals surface area (Å²) in [7, 11) is 1.29. The van der Waals surface area contributed by atoms with Crippen LogP contribution in [0.15, 0.2) is 88.7 Å². The number of hydrogen-bond donors (Lipinski definition) is 0. The SMILES string of the molecule is COC(=O)c1ccc(Cn2cnc3c2c(=O)n(Cc2ccccc2F)c(=O)n3-c2ccc(F)cc2)cc1. The van der Waals surface area contributed by atoms with E-state index in [-0.39, 0.29) is 29.8 Å². The number of hydrogen-bond acceptors (Lipinski definition) is 5. The Kier molecular flexibility index (Phi) is 6.22. The van der Waals surface area contributed by atoms with Gasteiger partial charge in [0.05, 0.1) is 31.2 Å². The third kappa shape index (κ3) is 4.44. The van der Waals surface area contributed by atoms with E-state index in [9.17, 15) is 23.2 Å². The maximum absolute atomic E-state index is 14.4. The molecule has 0 N–H and O–H groups in total. The van der Waals surface area contributed by atoms with Gasteiger partial charge in [-0.25, -0.2) is 27.9 Å². The predicted octanol–water partition coefficient (Wildman–Crippen LogP) is 3.51. The molecule has 0 saturated carbocycles. The molecule has 3 aromatic carbocycles. The molecule has 0 fully saturated rings. The minimum absolute atomic E-state index is 0.0811. The summed E-state index contributed by atoms with van der Waals surface area (Å²) < 4.78 is 36.5. The Morgan fingerprint density at radius 2 is 1.62 bits per heavy atom. The molecule has 2 heterocycles. The lowest BCUT2D eigenvalue weighted by Gasteiger charge is -2.13. The van der Waals surface area contributed by atoms with Crippen LogP contribution in [0.5, 0.6) is 0 Å². The van der Waals surface area contributed by atoms with Crippen LogP contribution in [0, 0.1) is 11.6 Å². The molecule has 0 aliphatic heterocycles. The van der Waals surface area contributed by atoms with E-state index in [1.807, 2.05) is 0 Å². The summed E-state index contributed by atoms with van der Waals surface area (Å²) in [6.45, 7) is -0.102. The number of fused-ring (bicyclic) bond motifs is 1. The van der Waals surface area contributed by atoms with Gasteiger partial charge in [-0.3, -0.25) is 9.36 Å². The van der Waals surface area contributed by atoms with E-state index < -0.39 is 28.9 Å². The maximum Gasteiger partial charge on any atom is 0.337 e. The zero-order valence-corrected chi connectivity index (χ0v) is 19.6. The number of benzene rings is 3. The van der Waals surface area contributed by atoms with Gasteiger partial charge >= 0.3 is 11.7 Å². The molecule has 0 aliphatic carbocycles. The molecule has 2 aromatic heterocycles. The summed E-state index contributed by atoms with van der Waals surface area (Å²) in [5.74, 6) is -1.52. The second-order valence-electron chi connectivity index (χ2n) is 8.31. The number of ether oxygens (including phenoxy) is 1. The van der Waals surface area contributed by atoms with Crippen molar-refractivity contribution in [3.63, 3.8) is 0 Å². The van der Waals surface area contributed by atoms with Crippen LogP contribution in [0.2, 0.25) is 0 Å². The van der Waals surface area contributed by atoms with Gasteiger partial charge in [0, 0.05) is 12.1 Å². The van der Waals surface area contributed by atoms with Gasteiger partial charge in [-0.05, 0) is 48.0 Å². The fraction of sp³-hybridized carbons (Fsp3) is 0.111. The highest BCUT2D eigenvalue weighted by Crippen LogP contribution is 2.17. The minimum Gasteiger partial charge on any atom is -0.465 e. The summed E-state index contributed by atoms with van der Waals surface area (Å²) in [4.78, 5) is 43.2. The summed E-state index contributed by atoms with van der Waals surface area (Å²) in [6.07, 6.45) is 1.42. The van der Waals surface area contributed by atoms with Crippen LogP contribution in [0.25, 0.3) is 16.9 Å². The van der Waals surface area contributed by atoms with Gasteiger partial charge in [-0.15, -0.1) is 0 Å². The van der Waals surface area contributed by atoms with Crippen LogP contribution in [-0.2, 0) is 17.8 Å². The first-order valence-corrected chi connectivity index (χ1v) is 11.2. The number of esters is 1. The van der Waals surface area contributed by atoms with Crippen molar-refractivity contribution in [2.45, 2.75) is 13.1 Å². The Bertz CT molecular complexity index is 1740. The quantitative estimate of drug-likeness (QED) is 0.332. The molecular formula is C27H20F2N4O4. The molecule has 37 heavy (non-hydrogen) atoms. The molecule has 0 radical (unpaired) electrons. The zero-order chi connectivity index (χ0) is 26.1. The molecule has 0 saturated heterocycles. The van der Waals surface area contributed by atoms with E-state index in [0.29, 0.717) is 11.3 Å². The van der Waals surface area contributed by atoms with Crippen LogP contribution < -0.4 is 11.2 Å². The van der Waals surface area contributed by atoms with Crippen molar-refractivity contribution in [1.82, 2.24) is 18.7 Å². The van der Waals surface area contributed by atoms with E-state index in [2.05, 4.69) is 4.98 Å². The molecule has 0 aliphatic rings. The smallest absolute Gasteiger partial charge is 0.337 e. The highest BCUT2D eigenvalue weighted by molar-refractivity contribution is 5.89. The molecule has 5 rings (SSSR count). The number of imidazole rings is 1. The summed E-state index contributed by atoms with van der Waals surface area (Å²) in [6, 6.07) is 17.7. The number of nitrogens with zero attached hydrogens (tertiary/aromatic N) is 4. The van der Waals surface area contributed by atoms with Crippen LogP contribution >= 0.6 is 0 Å². The first-order chi connectivity index (χ1) is 17.9. The number of carbonyl (C=O) groups excluding carboxylic acids is 1. The van der Waals surface area contributed by atoms with Crippen molar-refractivity contribution < 1.29 is 18.3 Å². The van der Waals surface area contributed by atoms with Crippen molar-refractivity contribution >= 4 is 17.1 Å². The topological polar surface area (TPSA) is 88.1 Å². The average Bonchev–Trinajstić information content (AvgIpc) is 3.32. The van der Waals surface area contributed by atoms with Gasteiger partial charge < -0.3 is 9.30 Å². The molecule has 186 valence electrons. The molecule has 0 spiro atoms. The first kappa shape index (κ1) is 23.9. The van der Waals surface area contributed by atoms with Gasteiger partial charge in [0.25, 0.3) is 5.56 Å². The van der Waals surface area contributed by atoms with Crippen LogP contribution in [0.1, 0.15) is 21.5 Å². The van der Waals surface area contributed by atoms with Crippen molar-refractivity contribution in [2.75, 3.05) is 7.11 Å². The van der Waals surface area contributed by atoms with Gasteiger partial charge in [-0.2, -0.15) is 0 Å². The average molecular weight is 502 g/mol. The Morgan fingerprint density at radius 1 is 0.919 bits per heavy atom. The Hall–Kier alpha value is -4.86. The Labute approximate surface area is 208 Å². The van der Waals surface area contributed by atoms with Crippen molar-refractivity contribution in [3.05, 3.63) is 128 Å². The molecule has 8 nitrogen and oxygen atoms in total. The highest BCUT2D eigenvalue weighted by atomic mass is 19.1. The second kappa shape index (κ2) is 9.65. The van der Waals surface area contributed by atoms with Gasteiger partial charge in [0.2, 0.25) is 0 Å². The lowest BCUT2D eigenvalue weighted by Crippen LogP contribution is -2.40. The standard InChI is InChI=1S/C27H20F2N4O4/c1-37-26(35)18-8-6-17(7-9-18)14-31-16-30-24-23(31)25(34)32(15-19-4-2-3-5-22(19)29)27(36)33(24)21-12-10-20(28)11-13-21/h2-13,16H,14-15H2,1H3. The van der Waals surface area contributed by atoms with Crippen molar-refractivity contribution in [1.29, 1.82) is 0 Å². The van der Waals surface area contributed by atoms with Crippen LogP contribution in [0.3, 0.4) is 0 Å². The molecule has 0 atom stereocenters. The number of halogens is 2. The van der Waals surface area contributed by atoms with E-state index in [1.54, 1.807) is 34.9 Å². The predicted molar refractivity (Wildman–Crippen MR) is 132 cm³/mol. The van der Waals surface area contributed by atoms with E-state index in [4.69, 9.17) is 4.74 Å². The van der Waals surface area contributed by atoms with Gasteiger partial charge in [0.1, 0.15) is 11.6 Å². The van der Waals surface area contributed by atoms with Crippen LogP contribution in [-0.4, -0.2) is 31.8 Å². The fourth-order valence-corrected chi connectivity index (χ4v) is 4.12. The highest BCUT2D eigenvalue weighted by Gasteiger charge is 2.20. The number of carbonyl (C=O) groups is 1. The molecular weight excluding hydrogens is 482 g/mol. The first-order valence-electron chi connectivity index (χ1n) is 11.2. The number of aromatic nitrogens is 4. The molecule has 10 heteroatoms. The lowest BCUT2D eigenvalue weighted by molar-refractivity contribution is 0.0600. The van der Waals surface area contributed by atoms with Gasteiger partial charge in [0.15, 0.2) is 11.2 Å². The number of methoxy groups -OCH3 is 1. The maximum atomic E-state index is 14.4. The molecule has 5 aromatic rings. The molecule has 0 unspecified atom stereocenters. The summed E-state index contributed by atoms with van der Waals surface area (Å²) >= 11 is 0. The number of rotatable bonds is 6. The summed E-state index contributed by atoms with van der Waals surface area (Å²) in [5, 5.41) is 0. The van der Waals surface area contributed by atoms with Crippen molar-refractivity contribution in [3.8, 4) is 5.69 Å². The van der Waals surface area contributed by atoms with E-state index in [1.165, 1.54) is 60.5 Å². The zero-order valence-electron chi connectivity index (χ0n) is 19.6. The fourth-order valence-electron chi connectivity index (χ4n) is 4.12. The Morgan fingerprint density at radius 3 is 2.30 bits per heavy atom. The minimum atomic E-state index is -0.736. The monoisotopic (exact) mass is 502 g/mol.